The van der Waals surface area contributed by atoms with Crippen LogP contribution >= 0.6 is 0 Å². The van der Waals surface area contributed by atoms with Gasteiger partial charge >= 0.3 is 6.18 Å². The highest BCUT2D eigenvalue weighted by molar-refractivity contribution is 5.46. The second-order valence-corrected chi connectivity index (χ2v) is 3.35. The number of hydrogen-bond acceptors (Lipinski definition) is 4. The Labute approximate surface area is 94.1 Å². The molecule has 5 nitrogen and oxygen atoms in total. The molecule has 2 heterocycles. The van der Waals surface area contributed by atoms with Crippen LogP contribution in [0.15, 0.2) is 18.6 Å². The van der Waals surface area contributed by atoms with Gasteiger partial charge in [0.1, 0.15) is 12.1 Å². The fourth-order valence-electron chi connectivity index (χ4n) is 1.28. The van der Waals surface area contributed by atoms with Crippen LogP contribution in [0.4, 0.5) is 19.0 Å². The number of nitrogens with two attached hydrogens (primary N) is 1. The monoisotopic (exact) mass is 243 g/mol. The first-order chi connectivity index (χ1) is 7.89. The van der Waals surface area contributed by atoms with E-state index in [0.717, 1.165) is 10.7 Å². The van der Waals surface area contributed by atoms with Crippen LogP contribution in [0.3, 0.4) is 0 Å². The molecule has 0 aromatic carbocycles. The molecule has 2 N–H and O–H groups in total. The lowest BCUT2D eigenvalue weighted by atomic mass is 10.3. The van der Waals surface area contributed by atoms with Crippen molar-refractivity contribution in [2.75, 3.05) is 5.73 Å². The average molecular weight is 243 g/mol. The maximum atomic E-state index is 12.4. The Morgan fingerprint density at radius 1 is 1.29 bits per heavy atom. The summed E-state index contributed by atoms with van der Waals surface area (Å²) in [5, 5.41) is 3.40. The molecule has 0 atom stereocenters. The van der Waals surface area contributed by atoms with Crippen LogP contribution in [0.2, 0.25) is 0 Å². The highest BCUT2D eigenvalue weighted by Gasteiger charge is 2.33. The summed E-state index contributed by atoms with van der Waals surface area (Å²) in [4.78, 5) is 7.57. The van der Waals surface area contributed by atoms with Crippen molar-refractivity contribution < 1.29 is 13.2 Å². The minimum atomic E-state index is -4.47. The number of aromatic nitrogens is 4. The lowest BCUT2D eigenvalue weighted by Crippen LogP contribution is -2.09. The van der Waals surface area contributed by atoms with Crippen LogP contribution in [0, 0.1) is 6.92 Å². The van der Waals surface area contributed by atoms with Crippen molar-refractivity contribution >= 4 is 5.82 Å². The summed E-state index contributed by atoms with van der Waals surface area (Å²) in [5.74, 6) is 0.437. The van der Waals surface area contributed by atoms with Crippen molar-refractivity contribution in [3.05, 3.63) is 29.8 Å². The summed E-state index contributed by atoms with van der Waals surface area (Å²) >= 11 is 0. The zero-order valence-electron chi connectivity index (χ0n) is 8.73. The quantitative estimate of drug-likeness (QED) is 0.825. The Hall–Kier alpha value is -2.12. The van der Waals surface area contributed by atoms with Crippen molar-refractivity contribution in [1.82, 2.24) is 19.7 Å². The SMILES string of the molecule is Cc1c(N)ncnc1-n1ccc(C(F)(F)F)n1. The van der Waals surface area contributed by atoms with Gasteiger partial charge in [0.2, 0.25) is 0 Å². The number of rotatable bonds is 1. The van der Waals surface area contributed by atoms with Crippen LogP contribution in [0.25, 0.3) is 5.82 Å². The van der Waals surface area contributed by atoms with Gasteiger partial charge in [-0.05, 0) is 13.0 Å². The standard InChI is InChI=1S/C9H8F3N5/c1-5-7(13)14-4-15-8(5)17-3-2-6(16-17)9(10,11)12/h2-4H,1H3,(H2,13,14,15). The van der Waals surface area contributed by atoms with Gasteiger partial charge in [0, 0.05) is 11.8 Å². The van der Waals surface area contributed by atoms with Crippen molar-refractivity contribution in [2.45, 2.75) is 13.1 Å². The first-order valence-electron chi connectivity index (χ1n) is 4.60. The van der Waals surface area contributed by atoms with E-state index in [9.17, 15) is 13.2 Å². The predicted octanol–water partition coefficient (Wildman–Crippen LogP) is 1.57. The van der Waals surface area contributed by atoms with E-state index in [0.29, 0.717) is 5.56 Å². The molecule has 0 radical (unpaired) electrons. The van der Waals surface area contributed by atoms with E-state index in [2.05, 4.69) is 15.1 Å². The fraction of sp³-hybridized carbons (Fsp3) is 0.222. The van der Waals surface area contributed by atoms with E-state index >= 15 is 0 Å². The van der Waals surface area contributed by atoms with Gasteiger partial charge in [0.25, 0.3) is 0 Å². The van der Waals surface area contributed by atoms with Gasteiger partial charge < -0.3 is 5.73 Å². The second-order valence-electron chi connectivity index (χ2n) is 3.35. The fourth-order valence-corrected chi connectivity index (χ4v) is 1.28. The second kappa shape index (κ2) is 3.72. The predicted molar refractivity (Wildman–Crippen MR) is 53.3 cm³/mol. The summed E-state index contributed by atoms with van der Waals surface area (Å²) in [5.41, 5.74) is 5.03. The Morgan fingerprint density at radius 3 is 2.59 bits per heavy atom. The molecule has 17 heavy (non-hydrogen) atoms. The molecule has 2 aromatic heterocycles. The van der Waals surface area contributed by atoms with Gasteiger partial charge in [-0.3, -0.25) is 0 Å². The lowest BCUT2D eigenvalue weighted by Gasteiger charge is -2.06. The summed E-state index contributed by atoms with van der Waals surface area (Å²) < 4.78 is 38.1. The molecule has 0 spiro atoms. The van der Waals surface area contributed by atoms with Gasteiger partial charge in [-0.25, -0.2) is 14.6 Å². The van der Waals surface area contributed by atoms with E-state index in [1.54, 1.807) is 6.92 Å². The number of alkyl halides is 3. The Bertz CT molecular complexity index is 546. The molecule has 0 saturated heterocycles. The molecule has 0 unspecified atom stereocenters. The minimum absolute atomic E-state index is 0.207. The maximum Gasteiger partial charge on any atom is 0.435 e. The van der Waals surface area contributed by atoms with Crippen LogP contribution in [-0.4, -0.2) is 19.7 Å². The number of hydrogen-bond donors (Lipinski definition) is 1. The highest BCUT2D eigenvalue weighted by Crippen LogP contribution is 2.28. The van der Waals surface area contributed by atoms with Gasteiger partial charge in [-0.1, -0.05) is 0 Å². The molecule has 0 bridgehead atoms. The zero-order valence-corrected chi connectivity index (χ0v) is 8.73. The normalized spacial score (nSPS) is 11.8. The topological polar surface area (TPSA) is 69.6 Å². The lowest BCUT2D eigenvalue weighted by molar-refractivity contribution is -0.141. The van der Waals surface area contributed by atoms with E-state index in [-0.39, 0.29) is 11.6 Å². The van der Waals surface area contributed by atoms with Crippen molar-refractivity contribution in [3.63, 3.8) is 0 Å². The molecule has 2 aromatic rings. The maximum absolute atomic E-state index is 12.4. The summed E-state index contributed by atoms with van der Waals surface area (Å²) in [6.45, 7) is 1.61. The average Bonchev–Trinajstić information content (AvgIpc) is 2.70. The molecular weight excluding hydrogens is 235 g/mol. The Balaban J connectivity index is 2.48. The van der Waals surface area contributed by atoms with E-state index in [1.807, 2.05) is 0 Å². The van der Waals surface area contributed by atoms with Crippen LogP contribution in [0.1, 0.15) is 11.3 Å². The van der Waals surface area contributed by atoms with Gasteiger partial charge in [0.05, 0.1) is 0 Å². The molecule has 8 heteroatoms. The van der Waals surface area contributed by atoms with Crippen LogP contribution in [-0.2, 0) is 6.18 Å². The first kappa shape index (κ1) is 11.4. The molecule has 0 amide bonds. The summed E-state index contributed by atoms with van der Waals surface area (Å²) in [6.07, 6.45) is -2.12. The number of nitrogen functional groups attached to an aromatic ring is 1. The summed E-state index contributed by atoms with van der Waals surface area (Å²) in [7, 11) is 0. The highest BCUT2D eigenvalue weighted by atomic mass is 19.4. The number of anilines is 1. The number of nitrogens with zero attached hydrogens (tertiary/aromatic N) is 4. The van der Waals surface area contributed by atoms with Gasteiger partial charge in [-0.2, -0.15) is 18.3 Å². The molecule has 90 valence electrons. The van der Waals surface area contributed by atoms with Crippen molar-refractivity contribution in [1.29, 1.82) is 0 Å². The van der Waals surface area contributed by atoms with E-state index < -0.39 is 11.9 Å². The molecule has 0 saturated carbocycles. The van der Waals surface area contributed by atoms with Crippen molar-refractivity contribution in [2.24, 2.45) is 0 Å². The van der Waals surface area contributed by atoms with E-state index in [1.165, 1.54) is 12.5 Å². The Kier molecular flexibility index (Phi) is 2.49. The van der Waals surface area contributed by atoms with Crippen LogP contribution in [0.5, 0.6) is 0 Å². The van der Waals surface area contributed by atoms with Crippen molar-refractivity contribution in [3.8, 4) is 5.82 Å². The minimum Gasteiger partial charge on any atom is -0.383 e. The third-order valence-electron chi connectivity index (χ3n) is 2.19. The van der Waals surface area contributed by atoms with Crippen LogP contribution < -0.4 is 5.73 Å². The smallest absolute Gasteiger partial charge is 0.383 e. The molecule has 0 aliphatic rings. The van der Waals surface area contributed by atoms with Gasteiger partial charge in [0.15, 0.2) is 11.5 Å². The van der Waals surface area contributed by atoms with E-state index in [4.69, 9.17) is 5.73 Å². The van der Waals surface area contributed by atoms with Gasteiger partial charge in [-0.15, -0.1) is 0 Å². The zero-order chi connectivity index (χ0) is 12.6. The first-order valence-corrected chi connectivity index (χ1v) is 4.60. The third-order valence-corrected chi connectivity index (χ3v) is 2.19. The molecule has 0 aliphatic carbocycles. The largest absolute Gasteiger partial charge is 0.435 e. The third kappa shape index (κ3) is 2.05. The number of halogens is 3. The summed E-state index contributed by atoms with van der Waals surface area (Å²) in [6, 6.07) is 0.873. The molecule has 2 rings (SSSR count). The molecular formula is C9H8F3N5. The Morgan fingerprint density at radius 2 is 2.00 bits per heavy atom. The molecule has 0 aliphatic heterocycles. The molecule has 0 fully saturated rings.